The molecule has 1 aliphatic heterocycles. The molecule has 3 aromatic heterocycles. The molecule has 1 fully saturated rings. The fourth-order valence-corrected chi connectivity index (χ4v) is 3.38. The van der Waals surface area contributed by atoms with Crippen LogP contribution in [0.15, 0.2) is 30.7 Å². The molecule has 0 saturated carbocycles. The smallest absolute Gasteiger partial charge is 0.165 e. The van der Waals surface area contributed by atoms with Crippen molar-refractivity contribution in [2.45, 2.75) is 18.9 Å². The summed E-state index contributed by atoms with van der Waals surface area (Å²) in [6.07, 6.45) is 6.94. The first-order valence-electron chi connectivity index (χ1n) is 8.38. The first kappa shape index (κ1) is 16.8. The van der Waals surface area contributed by atoms with Crippen LogP contribution in [0.3, 0.4) is 0 Å². The van der Waals surface area contributed by atoms with Crippen LogP contribution in [0.5, 0.6) is 0 Å². The molecular weight excluding hydrogens is 352 g/mol. The summed E-state index contributed by atoms with van der Waals surface area (Å²) in [6.45, 7) is 1.49. The summed E-state index contributed by atoms with van der Waals surface area (Å²) in [5.74, 6) is 1.35. The summed E-state index contributed by atoms with van der Waals surface area (Å²) in [6, 6.07) is 6.02. The molecular formula is C18H17ClN6O. The molecule has 0 atom stereocenters. The highest BCUT2D eigenvalue weighted by atomic mass is 35.5. The maximum Gasteiger partial charge on any atom is 0.165 e. The first-order chi connectivity index (χ1) is 12.7. The molecule has 26 heavy (non-hydrogen) atoms. The average Bonchev–Trinajstić information content (AvgIpc) is 3.08. The lowest BCUT2D eigenvalue weighted by Crippen LogP contribution is -2.21. The van der Waals surface area contributed by atoms with Gasteiger partial charge in [-0.2, -0.15) is 10.4 Å². The Labute approximate surface area is 155 Å². The van der Waals surface area contributed by atoms with Gasteiger partial charge in [-0.3, -0.25) is 9.67 Å². The minimum absolute atomic E-state index is 0.295. The van der Waals surface area contributed by atoms with Crippen molar-refractivity contribution in [1.82, 2.24) is 19.7 Å². The quantitative estimate of drug-likeness (QED) is 0.704. The number of fused-ring (bicyclic) bond motifs is 1. The van der Waals surface area contributed by atoms with Gasteiger partial charge in [-0.05, 0) is 18.9 Å². The van der Waals surface area contributed by atoms with Crippen molar-refractivity contribution in [3.05, 3.63) is 41.3 Å². The lowest BCUT2D eigenvalue weighted by Gasteiger charge is -2.23. The lowest BCUT2D eigenvalue weighted by molar-refractivity contribution is 0.0675. The second-order valence-corrected chi connectivity index (χ2v) is 6.60. The number of aromatic nitrogens is 4. The zero-order valence-electron chi connectivity index (χ0n) is 14.3. The highest BCUT2D eigenvalue weighted by Gasteiger charge is 2.23. The summed E-state index contributed by atoms with van der Waals surface area (Å²) in [5, 5.41) is 15.4. The van der Waals surface area contributed by atoms with Gasteiger partial charge in [0.05, 0.1) is 27.5 Å². The van der Waals surface area contributed by atoms with Crippen molar-refractivity contribution < 1.29 is 4.74 Å². The topological polar surface area (TPSA) is 79.9 Å². The van der Waals surface area contributed by atoms with Crippen LogP contribution in [0.1, 0.15) is 24.4 Å². The number of anilines is 2. The minimum atomic E-state index is 0.295. The molecule has 132 valence electrons. The van der Waals surface area contributed by atoms with Crippen LogP contribution in [0, 0.1) is 11.3 Å². The number of pyridine rings is 2. The maximum atomic E-state index is 9.22. The Morgan fingerprint density at radius 2 is 2.15 bits per heavy atom. The van der Waals surface area contributed by atoms with Crippen LogP contribution >= 0.6 is 11.6 Å². The van der Waals surface area contributed by atoms with Crippen molar-refractivity contribution in [3.63, 3.8) is 0 Å². The molecule has 0 bridgehead atoms. The zero-order valence-corrected chi connectivity index (χ0v) is 15.0. The van der Waals surface area contributed by atoms with Crippen LogP contribution in [-0.4, -0.2) is 40.0 Å². The lowest BCUT2D eigenvalue weighted by atomic mass is 10.1. The molecule has 0 aliphatic carbocycles. The molecule has 4 rings (SSSR count). The van der Waals surface area contributed by atoms with E-state index in [1.54, 1.807) is 12.3 Å². The van der Waals surface area contributed by atoms with Crippen LogP contribution in [0.25, 0.3) is 10.9 Å². The van der Waals surface area contributed by atoms with Gasteiger partial charge < -0.3 is 9.64 Å². The van der Waals surface area contributed by atoms with Gasteiger partial charge >= 0.3 is 0 Å². The predicted octanol–water partition coefficient (Wildman–Crippen LogP) is 3.47. The zero-order chi connectivity index (χ0) is 18.1. The fraction of sp³-hybridized carbons (Fsp3) is 0.333. The van der Waals surface area contributed by atoms with Gasteiger partial charge in [0.25, 0.3) is 0 Å². The Bertz CT molecular complexity index is 989. The molecule has 3 aromatic rings. The van der Waals surface area contributed by atoms with Crippen LogP contribution in [0.4, 0.5) is 11.6 Å². The average molecular weight is 369 g/mol. The molecule has 1 aliphatic rings. The van der Waals surface area contributed by atoms with E-state index in [-0.39, 0.29) is 0 Å². The number of halogens is 1. The van der Waals surface area contributed by atoms with E-state index >= 15 is 0 Å². The fourth-order valence-electron chi connectivity index (χ4n) is 3.23. The van der Waals surface area contributed by atoms with Gasteiger partial charge in [-0.15, -0.1) is 0 Å². The van der Waals surface area contributed by atoms with Gasteiger partial charge in [0.2, 0.25) is 0 Å². The summed E-state index contributed by atoms with van der Waals surface area (Å²) >= 11 is 6.00. The number of nitrogens with zero attached hydrogens (tertiary/aromatic N) is 6. The third-order valence-corrected chi connectivity index (χ3v) is 4.95. The maximum absolute atomic E-state index is 9.22. The molecule has 0 N–H and O–H groups in total. The molecule has 0 amide bonds. The number of rotatable bonds is 3. The highest BCUT2D eigenvalue weighted by Crippen LogP contribution is 2.33. The molecule has 0 aromatic carbocycles. The molecule has 0 radical (unpaired) electrons. The second kappa shape index (κ2) is 6.90. The Morgan fingerprint density at radius 1 is 1.35 bits per heavy atom. The largest absolute Gasteiger partial charge is 0.381 e. The van der Waals surface area contributed by atoms with Gasteiger partial charge in [0.15, 0.2) is 5.82 Å². The Morgan fingerprint density at radius 3 is 2.92 bits per heavy atom. The van der Waals surface area contributed by atoms with E-state index in [0.29, 0.717) is 22.4 Å². The number of ether oxygens (including phenoxy) is 1. The van der Waals surface area contributed by atoms with Crippen molar-refractivity contribution in [1.29, 1.82) is 5.26 Å². The van der Waals surface area contributed by atoms with Gasteiger partial charge in [0, 0.05) is 44.9 Å². The number of hydrogen-bond donors (Lipinski definition) is 0. The number of nitriles is 1. The molecule has 0 spiro atoms. The molecule has 0 unspecified atom stereocenters. The standard InChI is InChI=1S/C18H17ClN6O/c1-24(17-8-12(9-20)15(19)11-22-17)18-14-10-21-5-2-16(14)25(23-18)13-3-6-26-7-4-13/h2,5,8,10-11,13H,3-4,6-7H2,1H3. The summed E-state index contributed by atoms with van der Waals surface area (Å²) in [4.78, 5) is 10.5. The Kier molecular flexibility index (Phi) is 4.45. The second-order valence-electron chi connectivity index (χ2n) is 6.20. The van der Waals surface area contributed by atoms with E-state index in [9.17, 15) is 5.26 Å². The van der Waals surface area contributed by atoms with Gasteiger partial charge in [-0.1, -0.05) is 11.6 Å². The Hall–Kier alpha value is -2.69. The van der Waals surface area contributed by atoms with E-state index in [2.05, 4.69) is 20.7 Å². The summed E-state index contributed by atoms with van der Waals surface area (Å²) in [7, 11) is 1.88. The van der Waals surface area contributed by atoms with E-state index in [4.69, 9.17) is 21.4 Å². The summed E-state index contributed by atoms with van der Waals surface area (Å²) in [5.41, 5.74) is 1.41. The van der Waals surface area contributed by atoms with Gasteiger partial charge in [-0.25, -0.2) is 4.98 Å². The number of hydrogen-bond acceptors (Lipinski definition) is 6. The van der Waals surface area contributed by atoms with Crippen LogP contribution < -0.4 is 4.90 Å². The normalized spacial score (nSPS) is 15.1. The van der Waals surface area contributed by atoms with E-state index in [1.165, 1.54) is 6.20 Å². The predicted molar refractivity (Wildman–Crippen MR) is 98.6 cm³/mol. The third kappa shape index (κ3) is 2.87. The van der Waals surface area contributed by atoms with Crippen molar-refractivity contribution in [2.24, 2.45) is 0 Å². The van der Waals surface area contributed by atoms with Gasteiger partial charge in [0.1, 0.15) is 11.9 Å². The SMILES string of the molecule is CN(c1cc(C#N)c(Cl)cn1)c1nn(C2CCOCC2)c2ccncc12. The third-order valence-electron chi connectivity index (χ3n) is 4.65. The van der Waals surface area contributed by atoms with Crippen molar-refractivity contribution in [2.75, 3.05) is 25.2 Å². The molecule has 7 nitrogen and oxygen atoms in total. The van der Waals surface area contributed by atoms with E-state index in [1.807, 2.05) is 24.2 Å². The van der Waals surface area contributed by atoms with Crippen LogP contribution in [-0.2, 0) is 4.74 Å². The van der Waals surface area contributed by atoms with Crippen molar-refractivity contribution in [3.8, 4) is 6.07 Å². The molecule has 1 saturated heterocycles. The molecule has 4 heterocycles. The highest BCUT2D eigenvalue weighted by molar-refractivity contribution is 6.31. The summed E-state index contributed by atoms with van der Waals surface area (Å²) < 4.78 is 7.54. The minimum Gasteiger partial charge on any atom is -0.381 e. The van der Waals surface area contributed by atoms with Crippen molar-refractivity contribution >= 4 is 34.1 Å². The monoisotopic (exact) mass is 368 g/mol. The van der Waals surface area contributed by atoms with E-state index < -0.39 is 0 Å². The van der Waals surface area contributed by atoms with E-state index in [0.717, 1.165) is 42.8 Å². The van der Waals surface area contributed by atoms with Crippen LogP contribution in [0.2, 0.25) is 5.02 Å². The first-order valence-corrected chi connectivity index (χ1v) is 8.76. The Balaban J connectivity index is 1.80. The molecule has 8 heteroatoms.